The van der Waals surface area contributed by atoms with Crippen LogP contribution in [0.2, 0.25) is 0 Å². The van der Waals surface area contributed by atoms with Crippen LogP contribution < -0.4 is 0 Å². The van der Waals surface area contributed by atoms with Gasteiger partial charge in [0.15, 0.2) is 0 Å². The van der Waals surface area contributed by atoms with Crippen LogP contribution >= 0.6 is 0 Å². The van der Waals surface area contributed by atoms with E-state index >= 15 is 0 Å². The van der Waals surface area contributed by atoms with Crippen LogP contribution in [0.3, 0.4) is 0 Å². The fourth-order valence-corrected chi connectivity index (χ4v) is 2.64. The van der Waals surface area contributed by atoms with Crippen LogP contribution in [0.15, 0.2) is 18.2 Å². The summed E-state index contributed by atoms with van der Waals surface area (Å²) in [5, 5.41) is 0. The Kier molecular flexibility index (Phi) is 2.86. The lowest BCUT2D eigenvalue weighted by molar-refractivity contribution is 0.656. The minimum Gasteiger partial charge on any atom is -0.0617 e. The number of rotatable bonds is 3. The van der Waals surface area contributed by atoms with Crippen molar-refractivity contribution in [2.24, 2.45) is 5.92 Å². The Balaban J connectivity index is 2.34. The minimum absolute atomic E-state index is 0.649. The molecule has 0 spiro atoms. The summed E-state index contributed by atoms with van der Waals surface area (Å²) in [5.74, 6) is 2.38. The summed E-state index contributed by atoms with van der Waals surface area (Å²) in [5.41, 5.74) is 4.65. The second kappa shape index (κ2) is 4.00. The van der Waals surface area contributed by atoms with E-state index in [4.69, 9.17) is 0 Å². The van der Waals surface area contributed by atoms with Crippen molar-refractivity contribution in [3.63, 3.8) is 0 Å². The molecule has 0 N–H and O–H groups in total. The van der Waals surface area contributed by atoms with Gasteiger partial charge in [-0.2, -0.15) is 0 Å². The van der Waals surface area contributed by atoms with Gasteiger partial charge in [0, 0.05) is 0 Å². The predicted molar refractivity (Wildman–Crippen MR) is 66.4 cm³/mol. The molecule has 0 radical (unpaired) electrons. The Morgan fingerprint density at radius 3 is 2.20 bits per heavy atom. The fourth-order valence-electron chi connectivity index (χ4n) is 2.64. The highest BCUT2D eigenvalue weighted by molar-refractivity contribution is 5.38. The summed E-state index contributed by atoms with van der Waals surface area (Å²) in [7, 11) is 0. The summed E-state index contributed by atoms with van der Waals surface area (Å²) >= 11 is 0. The molecule has 0 bridgehead atoms. The van der Waals surface area contributed by atoms with E-state index in [0.717, 1.165) is 11.8 Å². The highest BCUT2D eigenvalue weighted by Crippen LogP contribution is 2.43. The molecule has 2 rings (SSSR count). The average Bonchev–Trinajstić information content (AvgIpc) is 3.00. The molecule has 0 saturated heterocycles. The second-order valence-electron chi connectivity index (χ2n) is 5.34. The average molecular weight is 202 g/mol. The van der Waals surface area contributed by atoms with Gasteiger partial charge in [0.1, 0.15) is 0 Å². The lowest BCUT2D eigenvalue weighted by Crippen LogP contribution is -2.02. The summed E-state index contributed by atoms with van der Waals surface area (Å²) in [6.45, 7) is 9.26. The first-order valence-electron chi connectivity index (χ1n) is 6.20. The smallest absolute Gasteiger partial charge is 0.0159 e. The predicted octanol–water partition coefficient (Wildman–Crippen LogP) is 4.63. The largest absolute Gasteiger partial charge is 0.0617 e. The van der Waals surface area contributed by atoms with E-state index in [1.54, 1.807) is 5.56 Å². The van der Waals surface area contributed by atoms with Crippen LogP contribution in [0.25, 0.3) is 0 Å². The SMILES string of the molecule is Cc1c(C(C)C)cccc1C(C)C1CC1. The van der Waals surface area contributed by atoms with Crippen molar-refractivity contribution < 1.29 is 0 Å². The third kappa shape index (κ3) is 2.09. The number of benzene rings is 1. The van der Waals surface area contributed by atoms with Gasteiger partial charge in [-0.25, -0.2) is 0 Å². The first-order chi connectivity index (χ1) is 7.11. The topological polar surface area (TPSA) is 0 Å². The van der Waals surface area contributed by atoms with Gasteiger partial charge in [-0.1, -0.05) is 39.0 Å². The molecule has 0 heteroatoms. The molecule has 1 aromatic rings. The first kappa shape index (κ1) is 10.7. The van der Waals surface area contributed by atoms with E-state index in [0.29, 0.717) is 5.92 Å². The Morgan fingerprint density at radius 1 is 1.07 bits per heavy atom. The van der Waals surface area contributed by atoms with Crippen LogP contribution in [0.4, 0.5) is 0 Å². The molecule has 1 unspecified atom stereocenters. The lowest BCUT2D eigenvalue weighted by Gasteiger charge is -2.18. The molecule has 0 aliphatic heterocycles. The van der Waals surface area contributed by atoms with Crippen LogP contribution in [0.5, 0.6) is 0 Å². The quantitative estimate of drug-likeness (QED) is 0.670. The Morgan fingerprint density at radius 2 is 1.67 bits per heavy atom. The summed E-state index contributed by atoms with van der Waals surface area (Å²) < 4.78 is 0. The molecular weight excluding hydrogens is 180 g/mol. The van der Waals surface area contributed by atoms with Gasteiger partial charge in [-0.3, -0.25) is 0 Å². The number of hydrogen-bond acceptors (Lipinski definition) is 0. The van der Waals surface area contributed by atoms with E-state index in [2.05, 4.69) is 45.9 Å². The van der Waals surface area contributed by atoms with Crippen LogP contribution in [-0.2, 0) is 0 Å². The van der Waals surface area contributed by atoms with Gasteiger partial charge in [0.2, 0.25) is 0 Å². The van der Waals surface area contributed by atoms with E-state index in [-0.39, 0.29) is 0 Å². The molecule has 1 aliphatic rings. The molecule has 82 valence electrons. The van der Waals surface area contributed by atoms with Gasteiger partial charge in [0.25, 0.3) is 0 Å². The van der Waals surface area contributed by atoms with Gasteiger partial charge < -0.3 is 0 Å². The van der Waals surface area contributed by atoms with Crippen molar-refractivity contribution in [3.8, 4) is 0 Å². The van der Waals surface area contributed by atoms with Crippen molar-refractivity contribution in [1.82, 2.24) is 0 Å². The molecule has 0 nitrogen and oxygen atoms in total. The highest BCUT2D eigenvalue weighted by atomic mass is 14.3. The summed E-state index contributed by atoms with van der Waals surface area (Å²) in [4.78, 5) is 0. The molecule has 1 saturated carbocycles. The van der Waals surface area contributed by atoms with Gasteiger partial charge in [-0.15, -0.1) is 0 Å². The van der Waals surface area contributed by atoms with Crippen molar-refractivity contribution in [1.29, 1.82) is 0 Å². The van der Waals surface area contributed by atoms with Crippen molar-refractivity contribution in [2.45, 2.75) is 52.4 Å². The maximum absolute atomic E-state index is 2.39. The zero-order chi connectivity index (χ0) is 11.0. The first-order valence-corrected chi connectivity index (χ1v) is 6.20. The Labute approximate surface area is 93.7 Å². The Bertz CT molecular complexity index is 345. The monoisotopic (exact) mass is 202 g/mol. The molecule has 1 aliphatic carbocycles. The molecule has 15 heavy (non-hydrogen) atoms. The number of hydrogen-bond donors (Lipinski definition) is 0. The summed E-state index contributed by atoms with van der Waals surface area (Å²) in [6.07, 6.45) is 2.87. The molecule has 1 aromatic carbocycles. The third-order valence-electron chi connectivity index (χ3n) is 3.86. The normalized spacial score (nSPS) is 18.2. The van der Waals surface area contributed by atoms with E-state index in [1.165, 1.54) is 24.0 Å². The molecule has 1 fully saturated rings. The zero-order valence-electron chi connectivity index (χ0n) is 10.4. The van der Waals surface area contributed by atoms with Gasteiger partial charge in [0.05, 0.1) is 0 Å². The summed E-state index contributed by atoms with van der Waals surface area (Å²) in [6, 6.07) is 6.84. The molecule has 0 aromatic heterocycles. The van der Waals surface area contributed by atoms with Crippen LogP contribution in [0.1, 0.15) is 62.1 Å². The van der Waals surface area contributed by atoms with Gasteiger partial charge >= 0.3 is 0 Å². The van der Waals surface area contributed by atoms with Crippen LogP contribution in [-0.4, -0.2) is 0 Å². The van der Waals surface area contributed by atoms with E-state index in [1.807, 2.05) is 0 Å². The maximum Gasteiger partial charge on any atom is -0.0159 e. The zero-order valence-corrected chi connectivity index (χ0v) is 10.4. The van der Waals surface area contributed by atoms with Crippen LogP contribution in [0, 0.1) is 12.8 Å². The van der Waals surface area contributed by atoms with Gasteiger partial charge in [-0.05, 0) is 54.2 Å². The molecule has 0 heterocycles. The second-order valence-corrected chi connectivity index (χ2v) is 5.34. The lowest BCUT2D eigenvalue weighted by atomic mass is 9.87. The third-order valence-corrected chi connectivity index (χ3v) is 3.86. The Hall–Kier alpha value is -0.780. The molecule has 0 amide bonds. The van der Waals surface area contributed by atoms with E-state index < -0.39 is 0 Å². The highest BCUT2D eigenvalue weighted by Gasteiger charge is 2.29. The minimum atomic E-state index is 0.649. The molecule has 1 atom stereocenters. The fraction of sp³-hybridized carbons (Fsp3) is 0.600. The van der Waals surface area contributed by atoms with Crippen molar-refractivity contribution >= 4 is 0 Å². The molecular formula is C15H22. The van der Waals surface area contributed by atoms with E-state index in [9.17, 15) is 0 Å². The standard InChI is InChI=1S/C15H22/c1-10(2)14-6-5-7-15(12(14)4)11(3)13-8-9-13/h5-7,10-11,13H,8-9H2,1-4H3. The van der Waals surface area contributed by atoms with Crippen molar-refractivity contribution in [2.75, 3.05) is 0 Å². The maximum atomic E-state index is 2.39. The van der Waals surface area contributed by atoms with Crippen molar-refractivity contribution in [3.05, 3.63) is 34.9 Å².